The summed E-state index contributed by atoms with van der Waals surface area (Å²) in [5.74, 6) is 1.24. The van der Waals surface area contributed by atoms with Crippen LogP contribution in [0.1, 0.15) is 29.5 Å². The van der Waals surface area contributed by atoms with Crippen LogP contribution in [0.5, 0.6) is 5.75 Å². The molecule has 3 heterocycles. The first kappa shape index (κ1) is 22.4. The van der Waals surface area contributed by atoms with Gasteiger partial charge in [0, 0.05) is 64.8 Å². The number of amides is 1. The highest BCUT2D eigenvalue weighted by atomic mass is 16.5. The minimum absolute atomic E-state index is 0.184. The molecule has 3 aliphatic heterocycles. The summed E-state index contributed by atoms with van der Waals surface area (Å²) in [5, 5.41) is 3.29. The van der Waals surface area contributed by atoms with Crippen molar-refractivity contribution >= 4 is 5.91 Å². The first-order valence-corrected chi connectivity index (χ1v) is 12.5. The van der Waals surface area contributed by atoms with Gasteiger partial charge in [-0.15, -0.1) is 0 Å². The van der Waals surface area contributed by atoms with E-state index in [1.165, 1.54) is 16.7 Å². The molecule has 6 heteroatoms. The van der Waals surface area contributed by atoms with Crippen molar-refractivity contribution in [2.75, 3.05) is 52.4 Å². The van der Waals surface area contributed by atoms with Crippen molar-refractivity contribution in [1.29, 1.82) is 0 Å². The number of likely N-dealkylation sites (tertiary alicyclic amines) is 1. The molecular weight excluding hydrogens is 412 g/mol. The number of nitrogens with zero attached hydrogens (tertiary/aromatic N) is 3. The number of carbonyl (C=O) groups excluding carboxylic acids is 1. The van der Waals surface area contributed by atoms with E-state index in [1.54, 1.807) is 0 Å². The molecule has 1 N–H and O–H groups in total. The minimum atomic E-state index is 0.184. The Morgan fingerprint density at radius 1 is 0.848 bits per heavy atom. The Morgan fingerprint density at radius 3 is 2.33 bits per heavy atom. The monoisotopic (exact) mass is 448 g/mol. The molecule has 0 aromatic heterocycles. The maximum absolute atomic E-state index is 12.6. The van der Waals surface area contributed by atoms with E-state index in [9.17, 15) is 4.79 Å². The van der Waals surface area contributed by atoms with Gasteiger partial charge in [-0.25, -0.2) is 0 Å². The predicted octanol–water partition coefficient (Wildman–Crippen LogP) is 2.52. The number of hydrogen-bond acceptors (Lipinski definition) is 5. The molecule has 176 valence electrons. The fraction of sp³-hybridized carbons (Fsp3) is 0.519. The molecular formula is C27H36N4O2. The lowest BCUT2D eigenvalue weighted by Gasteiger charge is -2.35. The SMILES string of the molecule is O=C(CN1CCN(Cc2ccc3c(c2)CCO3)CC1)NC1CCN(Cc2ccccc2)CC1. The number of rotatable bonds is 7. The maximum atomic E-state index is 12.6. The lowest BCUT2D eigenvalue weighted by Crippen LogP contribution is -2.51. The van der Waals surface area contributed by atoms with Crippen LogP contribution >= 0.6 is 0 Å². The van der Waals surface area contributed by atoms with Gasteiger partial charge in [0.25, 0.3) is 0 Å². The van der Waals surface area contributed by atoms with Crippen LogP contribution in [-0.4, -0.2) is 79.1 Å². The second-order valence-corrected chi connectivity index (χ2v) is 9.70. The summed E-state index contributed by atoms with van der Waals surface area (Å²) < 4.78 is 5.62. The minimum Gasteiger partial charge on any atom is -0.493 e. The zero-order valence-electron chi connectivity index (χ0n) is 19.5. The second-order valence-electron chi connectivity index (χ2n) is 9.70. The molecule has 2 aromatic carbocycles. The molecule has 5 rings (SSSR count). The highest BCUT2D eigenvalue weighted by Crippen LogP contribution is 2.26. The molecule has 33 heavy (non-hydrogen) atoms. The number of benzene rings is 2. The summed E-state index contributed by atoms with van der Waals surface area (Å²) in [6.07, 6.45) is 3.11. The van der Waals surface area contributed by atoms with Crippen LogP contribution in [0.2, 0.25) is 0 Å². The van der Waals surface area contributed by atoms with E-state index >= 15 is 0 Å². The average molecular weight is 449 g/mol. The van der Waals surface area contributed by atoms with Gasteiger partial charge < -0.3 is 10.1 Å². The van der Waals surface area contributed by atoms with Gasteiger partial charge >= 0.3 is 0 Å². The van der Waals surface area contributed by atoms with E-state index in [2.05, 4.69) is 68.5 Å². The molecule has 0 radical (unpaired) electrons. The molecule has 0 saturated carbocycles. The van der Waals surface area contributed by atoms with Gasteiger partial charge in [0.2, 0.25) is 5.91 Å². The summed E-state index contributed by atoms with van der Waals surface area (Å²) >= 11 is 0. The molecule has 0 atom stereocenters. The second kappa shape index (κ2) is 10.7. The summed E-state index contributed by atoms with van der Waals surface area (Å²) in [6.45, 7) is 9.35. The van der Waals surface area contributed by atoms with Gasteiger partial charge in [0.15, 0.2) is 0 Å². The van der Waals surface area contributed by atoms with Crippen molar-refractivity contribution in [2.45, 2.75) is 38.4 Å². The van der Waals surface area contributed by atoms with Crippen molar-refractivity contribution in [3.8, 4) is 5.75 Å². The molecule has 0 bridgehead atoms. The molecule has 2 aromatic rings. The van der Waals surface area contributed by atoms with Crippen molar-refractivity contribution in [3.63, 3.8) is 0 Å². The number of piperidine rings is 1. The van der Waals surface area contributed by atoms with Crippen molar-refractivity contribution in [1.82, 2.24) is 20.0 Å². The number of nitrogens with one attached hydrogen (secondary N) is 1. The Morgan fingerprint density at radius 2 is 1.55 bits per heavy atom. The van der Waals surface area contributed by atoms with E-state index in [1.807, 2.05) is 0 Å². The fourth-order valence-electron chi connectivity index (χ4n) is 5.26. The molecule has 6 nitrogen and oxygen atoms in total. The van der Waals surface area contributed by atoms with Crippen molar-refractivity contribution in [2.24, 2.45) is 0 Å². The van der Waals surface area contributed by atoms with Crippen LogP contribution in [0.3, 0.4) is 0 Å². The zero-order chi connectivity index (χ0) is 22.5. The normalized spacial score (nSPS) is 20.4. The van der Waals surface area contributed by atoms with E-state index in [4.69, 9.17) is 4.74 Å². The first-order chi connectivity index (χ1) is 16.2. The third-order valence-electron chi connectivity index (χ3n) is 7.19. The standard InChI is InChI=1S/C27H36N4O2/c32-27(28-25-8-11-29(12-9-25)19-22-4-2-1-3-5-22)21-31-15-13-30(14-16-31)20-23-6-7-26-24(18-23)10-17-33-26/h1-7,18,25H,8-17,19-21H2,(H,28,32). The van der Waals surface area contributed by atoms with Gasteiger partial charge in [-0.05, 0) is 35.6 Å². The smallest absolute Gasteiger partial charge is 0.234 e. The highest BCUT2D eigenvalue weighted by Gasteiger charge is 2.23. The van der Waals surface area contributed by atoms with Crippen LogP contribution in [0, 0.1) is 0 Å². The Balaban J connectivity index is 0.993. The van der Waals surface area contributed by atoms with Crippen LogP contribution in [0.15, 0.2) is 48.5 Å². The number of carbonyl (C=O) groups is 1. The van der Waals surface area contributed by atoms with Gasteiger partial charge in [-0.2, -0.15) is 0 Å². The number of piperazine rings is 1. The van der Waals surface area contributed by atoms with Gasteiger partial charge in [-0.1, -0.05) is 42.5 Å². The topological polar surface area (TPSA) is 48.1 Å². The predicted molar refractivity (Wildman–Crippen MR) is 130 cm³/mol. The van der Waals surface area contributed by atoms with Crippen LogP contribution < -0.4 is 10.1 Å². The van der Waals surface area contributed by atoms with Crippen LogP contribution in [-0.2, 0) is 24.3 Å². The molecule has 2 saturated heterocycles. The van der Waals surface area contributed by atoms with Crippen molar-refractivity contribution in [3.05, 3.63) is 65.2 Å². The molecule has 0 unspecified atom stereocenters. The summed E-state index contributed by atoms with van der Waals surface area (Å²) in [5.41, 5.74) is 4.07. The van der Waals surface area contributed by atoms with Gasteiger partial charge in [0.1, 0.15) is 5.75 Å². The average Bonchev–Trinajstić information content (AvgIpc) is 3.30. The van der Waals surface area contributed by atoms with E-state index < -0.39 is 0 Å². The highest BCUT2D eigenvalue weighted by molar-refractivity contribution is 5.78. The third-order valence-corrected chi connectivity index (χ3v) is 7.19. The number of ether oxygens (including phenoxy) is 1. The molecule has 1 amide bonds. The number of hydrogen-bond donors (Lipinski definition) is 1. The Bertz CT molecular complexity index is 919. The summed E-state index contributed by atoms with van der Waals surface area (Å²) in [7, 11) is 0. The van der Waals surface area contributed by atoms with E-state index in [0.29, 0.717) is 12.6 Å². The fourth-order valence-corrected chi connectivity index (χ4v) is 5.26. The Labute approximate surface area is 197 Å². The molecule has 0 aliphatic carbocycles. The van der Waals surface area contributed by atoms with E-state index in [-0.39, 0.29) is 5.91 Å². The molecule has 0 spiro atoms. The Kier molecular flexibility index (Phi) is 7.24. The van der Waals surface area contributed by atoms with E-state index in [0.717, 1.165) is 84.0 Å². The molecule has 3 aliphatic rings. The van der Waals surface area contributed by atoms with Crippen LogP contribution in [0.4, 0.5) is 0 Å². The lowest BCUT2D eigenvalue weighted by molar-refractivity contribution is -0.123. The van der Waals surface area contributed by atoms with Crippen molar-refractivity contribution < 1.29 is 9.53 Å². The third kappa shape index (κ3) is 6.14. The molecule has 2 fully saturated rings. The first-order valence-electron chi connectivity index (χ1n) is 12.5. The van der Waals surface area contributed by atoms with Gasteiger partial charge in [-0.3, -0.25) is 19.5 Å². The van der Waals surface area contributed by atoms with Gasteiger partial charge in [0.05, 0.1) is 13.2 Å². The summed E-state index contributed by atoms with van der Waals surface area (Å²) in [4.78, 5) is 19.9. The van der Waals surface area contributed by atoms with Crippen LogP contribution in [0.25, 0.3) is 0 Å². The maximum Gasteiger partial charge on any atom is 0.234 e. The largest absolute Gasteiger partial charge is 0.493 e. The lowest BCUT2D eigenvalue weighted by atomic mass is 10.0. The summed E-state index contributed by atoms with van der Waals surface area (Å²) in [6, 6.07) is 17.6. The number of fused-ring (bicyclic) bond motifs is 1. The quantitative estimate of drug-likeness (QED) is 0.705. The Hall–Kier alpha value is -2.41. The zero-order valence-corrected chi connectivity index (χ0v) is 19.5.